The van der Waals surface area contributed by atoms with E-state index < -0.39 is 0 Å². The third-order valence-electron chi connectivity index (χ3n) is 3.76. The number of rotatable bonds is 7. The fourth-order valence-electron chi connectivity index (χ4n) is 2.38. The molecule has 1 aromatic carbocycles. The Bertz CT molecular complexity index is 377. The Balaban J connectivity index is 1.85. The standard InChI is InChI=1S/C15H22BrNO/c1-2-17-11-10-15(8-5-9-15)18-12-13-6-3-4-7-14(13)16/h3-4,6-7,17H,2,5,8-12H2,1H3. The maximum atomic E-state index is 6.21. The molecule has 2 rings (SSSR count). The summed E-state index contributed by atoms with van der Waals surface area (Å²) >= 11 is 3.58. The topological polar surface area (TPSA) is 21.3 Å². The second-order valence-corrected chi connectivity index (χ2v) is 5.87. The highest BCUT2D eigenvalue weighted by Gasteiger charge is 2.37. The van der Waals surface area contributed by atoms with Crippen LogP contribution in [0.1, 0.15) is 38.2 Å². The lowest BCUT2D eigenvalue weighted by atomic mass is 9.77. The van der Waals surface area contributed by atoms with E-state index in [0.717, 1.165) is 24.0 Å². The van der Waals surface area contributed by atoms with Crippen LogP contribution in [0.5, 0.6) is 0 Å². The van der Waals surface area contributed by atoms with Crippen LogP contribution >= 0.6 is 15.9 Å². The zero-order valence-corrected chi connectivity index (χ0v) is 12.6. The number of hydrogen-bond donors (Lipinski definition) is 1. The molecule has 1 N–H and O–H groups in total. The SMILES string of the molecule is CCNCCC1(OCc2ccccc2Br)CCC1. The molecular formula is C15H22BrNO. The molecule has 1 saturated carbocycles. The van der Waals surface area contributed by atoms with E-state index in [1.165, 1.54) is 24.8 Å². The van der Waals surface area contributed by atoms with E-state index >= 15 is 0 Å². The molecule has 1 fully saturated rings. The summed E-state index contributed by atoms with van der Waals surface area (Å²) in [6, 6.07) is 8.30. The molecule has 1 aliphatic carbocycles. The molecule has 0 atom stereocenters. The van der Waals surface area contributed by atoms with Crippen LogP contribution in [-0.2, 0) is 11.3 Å². The molecule has 3 heteroatoms. The van der Waals surface area contributed by atoms with Crippen LogP contribution in [0.15, 0.2) is 28.7 Å². The van der Waals surface area contributed by atoms with Gasteiger partial charge in [0.25, 0.3) is 0 Å². The third kappa shape index (κ3) is 3.56. The van der Waals surface area contributed by atoms with E-state index in [2.05, 4.69) is 46.4 Å². The number of hydrogen-bond acceptors (Lipinski definition) is 2. The van der Waals surface area contributed by atoms with Crippen molar-refractivity contribution in [2.24, 2.45) is 0 Å². The van der Waals surface area contributed by atoms with Crippen LogP contribution in [0.25, 0.3) is 0 Å². The van der Waals surface area contributed by atoms with Gasteiger partial charge in [-0.15, -0.1) is 0 Å². The van der Waals surface area contributed by atoms with E-state index in [-0.39, 0.29) is 5.60 Å². The van der Waals surface area contributed by atoms with Crippen LogP contribution in [0, 0.1) is 0 Å². The molecule has 100 valence electrons. The minimum Gasteiger partial charge on any atom is -0.370 e. The average Bonchev–Trinajstić information content (AvgIpc) is 2.33. The zero-order chi connectivity index (χ0) is 12.8. The lowest BCUT2D eigenvalue weighted by molar-refractivity contribution is -0.114. The van der Waals surface area contributed by atoms with Gasteiger partial charge in [-0.1, -0.05) is 41.1 Å². The Kier molecular flexibility index (Phi) is 5.22. The van der Waals surface area contributed by atoms with Gasteiger partial charge in [0.2, 0.25) is 0 Å². The molecule has 0 heterocycles. The van der Waals surface area contributed by atoms with Crippen molar-refractivity contribution in [1.29, 1.82) is 0 Å². The van der Waals surface area contributed by atoms with Crippen LogP contribution in [0.3, 0.4) is 0 Å². The van der Waals surface area contributed by atoms with Gasteiger partial charge in [0, 0.05) is 4.47 Å². The fraction of sp³-hybridized carbons (Fsp3) is 0.600. The molecule has 2 nitrogen and oxygen atoms in total. The summed E-state index contributed by atoms with van der Waals surface area (Å²) in [6.07, 6.45) is 4.86. The van der Waals surface area contributed by atoms with Crippen molar-refractivity contribution in [2.45, 2.75) is 44.8 Å². The van der Waals surface area contributed by atoms with Crippen molar-refractivity contribution in [1.82, 2.24) is 5.32 Å². The highest BCUT2D eigenvalue weighted by molar-refractivity contribution is 9.10. The van der Waals surface area contributed by atoms with Crippen molar-refractivity contribution >= 4 is 15.9 Å². The average molecular weight is 312 g/mol. The Hall–Kier alpha value is -0.380. The first-order valence-electron chi connectivity index (χ1n) is 6.84. The monoisotopic (exact) mass is 311 g/mol. The Morgan fingerprint density at radius 1 is 1.33 bits per heavy atom. The van der Waals surface area contributed by atoms with Gasteiger partial charge in [-0.25, -0.2) is 0 Å². The number of benzene rings is 1. The first-order chi connectivity index (χ1) is 8.76. The summed E-state index contributed by atoms with van der Waals surface area (Å²) in [5, 5.41) is 3.39. The van der Waals surface area contributed by atoms with Crippen LogP contribution in [0.2, 0.25) is 0 Å². The van der Waals surface area contributed by atoms with E-state index in [0.29, 0.717) is 6.61 Å². The maximum Gasteiger partial charge on any atom is 0.0735 e. The molecular weight excluding hydrogens is 290 g/mol. The predicted molar refractivity (Wildman–Crippen MR) is 78.7 cm³/mol. The summed E-state index contributed by atoms with van der Waals surface area (Å²) in [7, 11) is 0. The molecule has 0 spiro atoms. The predicted octanol–water partition coefficient (Wildman–Crippen LogP) is 3.89. The molecule has 0 unspecified atom stereocenters. The van der Waals surface area contributed by atoms with E-state index in [1.54, 1.807) is 0 Å². The maximum absolute atomic E-state index is 6.21. The number of halogens is 1. The van der Waals surface area contributed by atoms with E-state index in [9.17, 15) is 0 Å². The summed E-state index contributed by atoms with van der Waals surface area (Å²) in [5.74, 6) is 0. The van der Waals surface area contributed by atoms with Gasteiger partial charge in [0.15, 0.2) is 0 Å². The summed E-state index contributed by atoms with van der Waals surface area (Å²) in [4.78, 5) is 0. The van der Waals surface area contributed by atoms with Gasteiger partial charge in [0.05, 0.1) is 12.2 Å². The van der Waals surface area contributed by atoms with Crippen molar-refractivity contribution in [3.05, 3.63) is 34.3 Å². The highest BCUT2D eigenvalue weighted by atomic mass is 79.9. The lowest BCUT2D eigenvalue weighted by Gasteiger charge is -2.42. The minimum atomic E-state index is 0.136. The van der Waals surface area contributed by atoms with Gasteiger partial charge in [-0.2, -0.15) is 0 Å². The second kappa shape index (κ2) is 6.69. The first-order valence-corrected chi connectivity index (χ1v) is 7.63. The molecule has 0 amide bonds. The van der Waals surface area contributed by atoms with Crippen molar-refractivity contribution in [2.75, 3.05) is 13.1 Å². The van der Waals surface area contributed by atoms with Gasteiger partial charge in [0.1, 0.15) is 0 Å². The van der Waals surface area contributed by atoms with Crippen molar-refractivity contribution < 1.29 is 4.74 Å². The van der Waals surface area contributed by atoms with Crippen LogP contribution < -0.4 is 5.32 Å². The second-order valence-electron chi connectivity index (χ2n) is 5.02. The molecule has 0 saturated heterocycles. The summed E-state index contributed by atoms with van der Waals surface area (Å²) < 4.78 is 7.35. The molecule has 1 aromatic rings. The fourth-order valence-corrected chi connectivity index (χ4v) is 2.78. The number of ether oxygens (including phenoxy) is 1. The van der Waals surface area contributed by atoms with Gasteiger partial charge in [-0.3, -0.25) is 0 Å². The van der Waals surface area contributed by atoms with Gasteiger partial charge >= 0.3 is 0 Å². The quantitative estimate of drug-likeness (QED) is 0.771. The van der Waals surface area contributed by atoms with Crippen LogP contribution in [-0.4, -0.2) is 18.7 Å². The molecule has 0 bridgehead atoms. The Labute approximate surface area is 118 Å². The van der Waals surface area contributed by atoms with E-state index in [1.807, 2.05) is 6.07 Å². The third-order valence-corrected chi connectivity index (χ3v) is 4.54. The first kappa shape index (κ1) is 14.0. The number of nitrogens with one attached hydrogen (secondary N) is 1. The Morgan fingerprint density at radius 2 is 2.11 bits per heavy atom. The summed E-state index contributed by atoms with van der Waals surface area (Å²) in [6.45, 7) is 4.97. The summed E-state index contributed by atoms with van der Waals surface area (Å²) in [5.41, 5.74) is 1.38. The molecule has 0 aromatic heterocycles. The van der Waals surface area contributed by atoms with E-state index in [4.69, 9.17) is 4.74 Å². The normalized spacial score (nSPS) is 17.4. The van der Waals surface area contributed by atoms with Crippen molar-refractivity contribution in [3.8, 4) is 0 Å². The molecule has 18 heavy (non-hydrogen) atoms. The van der Waals surface area contributed by atoms with Gasteiger partial charge in [-0.05, 0) is 50.4 Å². The smallest absolute Gasteiger partial charge is 0.0735 e. The molecule has 1 aliphatic rings. The Morgan fingerprint density at radius 3 is 2.72 bits per heavy atom. The zero-order valence-electron chi connectivity index (χ0n) is 11.0. The highest BCUT2D eigenvalue weighted by Crippen LogP contribution is 2.39. The molecule has 0 aliphatic heterocycles. The van der Waals surface area contributed by atoms with Crippen LogP contribution in [0.4, 0.5) is 0 Å². The minimum absolute atomic E-state index is 0.136. The van der Waals surface area contributed by atoms with Gasteiger partial charge < -0.3 is 10.1 Å². The molecule has 0 radical (unpaired) electrons. The lowest BCUT2D eigenvalue weighted by Crippen LogP contribution is -2.42. The largest absolute Gasteiger partial charge is 0.370 e. The van der Waals surface area contributed by atoms with Crippen molar-refractivity contribution in [3.63, 3.8) is 0 Å².